The zero-order chi connectivity index (χ0) is 19.9. The van der Waals surface area contributed by atoms with Gasteiger partial charge < -0.3 is 10.2 Å². The maximum absolute atomic E-state index is 13.5. The van der Waals surface area contributed by atoms with E-state index in [1.165, 1.54) is 18.6 Å². The number of carbonyl (C=O) groups excluding carboxylic acids is 2. The van der Waals surface area contributed by atoms with Gasteiger partial charge in [-0.25, -0.2) is 4.39 Å². The van der Waals surface area contributed by atoms with Gasteiger partial charge in [-0.3, -0.25) is 9.59 Å². The summed E-state index contributed by atoms with van der Waals surface area (Å²) in [6, 6.07) is 5.28. The fourth-order valence-corrected chi connectivity index (χ4v) is 4.74. The van der Waals surface area contributed by atoms with E-state index < -0.39 is 6.04 Å². The largest absolute Gasteiger partial charge is 0.351 e. The van der Waals surface area contributed by atoms with Crippen LogP contribution in [-0.4, -0.2) is 34.7 Å². The molecule has 154 valence electrons. The first-order valence-corrected chi connectivity index (χ1v) is 11.1. The third-order valence-electron chi connectivity index (χ3n) is 6.03. The Morgan fingerprint density at radius 1 is 1.00 bits per heavy atom. The highest BCUT2D eigenvalue weighted by molar-refractivity contribution is 6.27. The highest BCUT2D eigenvalue weighted by atomic mass is 35.5. The molecule has 0 spiro atoms. The number of rotatable bonds is 6. The molecular weight excluding hydrogens is 379 g/mol. The average Bonchev–Trinajstić information content (AvgIpc) is 2.73. The highest BCUT2D eigenvalue weighted by Crippen LogP contribution is 2.32. The monoisotopic (exact) mass is 408 g/mol. The van der Waals surface area contributed by atoms with Crippen LogP contribution in [0.15, 0.2) is 24.3 Å². The van der Waals surface area contributed by atoms with E-state index in [1.807, 2.05) is 0 Å². The van der Waals surface area contributed by atoms with Gasteiger partial charge in [-0.15, -0.1) is 11.6 Å². The summed E-state index contributed by atoms with van der Waals surface area (Å²) in [7, 11) is 0. The van der Waals surface area contributed by atoms with Crippen molar-refractivity contribution >= 4 is 23.4 Å². The number of carbonyl (C=O) groups is 2. The third-order valence-corrected chi connectivity index (χ3v) is 6.26. The SMILES string of the molecule is O=C(NC1CCCCC1)C(c1ccc(F)cc1)N(C(=O)CCl)C1CCCCC1. The zero-order valence-corrected chi connectivity index (χ0v) is 17.1. The van der Waals surface area contributed by atoms with Crippen LogP contribution in [0.25, 0.3) is 0 Å². The van der Waals surface area contributed by atoms with Crippen LogP contribution in [0.2, 0.25) is 0 Å². The van der Waals surface area contributed by atoms with E-state index in [2.05, 4.69) is 5.32 Å². The first kappa shape index (κ1) is 21.1. The summed E-state index contributed by atoms with van der Waals surface area (Å²) in [6.07, 6.45) is 10.3. The molecule has 0 saturated heterocycles. The van der Waals surface area contributed by atoms with E-state index in [1.54, 1.807) is 17.0 Å². The van der Waals surface area contributed by atoms with E-state index in [4.69, 9.17) is 11.6 Å². The number of alkyl halides is 1. The van der Waals surface area contributed by atoms with Crippen LogP contribution in [0.5, 0.6) is 0 Å². The predicted molar refractivity (Wildman–Crippen MR) is 109 cm³/mol. The van der Waals surface area contributed by atoms with Crippen LogP contribution in [0.1, 0.15) is 75.8 Å². The molecule has 2 fully saturated rings. The zero-order valence-electron chi connectivity index (χ0n) is 16.3. The molecule has 1 aromatic rings. The second-order valence-electron chi connectivity index (χ2n) is 8.02. The number of nitrogens with one attached hydrogen (secondary N) is 1. The molecule has 2 amide bonds. The van der Waals surface area contributed by atoms with Crippen molar-refractivity contribution in [1.29, 1.82) is 0 Å². The van der Waals surface area contributed by atoms with Crippen molar-refractivity contribution in [3.63, 3.8) is 0 Å². The number of hydrogen-bond acceptors (Lipinski definition) is 2. The van der Waals surface area contributed by atoms with Gasteiger partial charge in [0, 0.05) is 12.1 Å². The second kappa shape index (κ2) is 10.2. The van der Waals surface area contributed by atoms with Gasteiger partial charge in [-0.1, -0.05) is 50.7 Å². The number of halogens is 2. The predicted octanol–water partition coefficient (Wildman–Crippen LogP) is 4.72. The van der Waals surface area contributed by atoms with Crippen LogP contribution in [0.3, 0.4) is 0 Å². The molecule has 1 unspecified atom stereocenters. The van der Waals surface area contributed by atoms with Gasteiger partial charge in [-0.2, -0.15) is 0 Å². The van der Waals surface area contributed by atoms with Crippen molar-refractivity contribution in [3.05, 3.63) is 35.6 Å². The molecule has 1 N–H and O–H groups in total. The molecule has 0 heterocycles. The Hall–Kier alpha value is -1.62. The van der Waals surface area contributed by atoms with Gasteiger partial charge in [0.25, 0.3) is 0 Å². The Bertz CT molecular complexity index is 655. The molecule has 2 aliphatic rings. The standard InChI is InChI=1S/C22H30ClFN2O2/c23-15-20(27)26(19-9-5-2-6-10-19)21(16-11-13-17(24)14-12-16)22(28)25-18-7-3-1-4-8-18/h11-14,18-19,21H,1-10,15H2,(H,25,28). The molecule has 0 radical (unpaired) electrons. The lowest BCUT2D eigenvalue weighted by molar-refractivity contribution is -0.143. The normalized spacial score (nSPS) is 19.8. The van der Waals surface area contributed by atoms with E-state index >= 15 is 0 Å². The van der Waals surface area contributed by atoms with E-state index in [-0.39, 0.29) is 35.6 Å². The molecule has 0 aliphatic heterocycles. The second-order valence-corrected chi connectivity index (χ2v) is 8.29. The minimum Gasteiger partial charge on any atom is -0.351 e. The van der Waals surface area contributed by atoms with Gasteiger partial charge >= 0.3 is 0 Å². The smallest absolute Gasteiger partial charge is 0.247 e. The van der Waals surface area contributed by atoms with Crippen LogP contribution >= 0.6 is 11.6 Å². The van der Waals surface area contributed by atoms with Crippen molar-refractivity contribution < 1.29 is 14.0 Å². The Morgan fingerprint density at radius 3 is 2.14 bits per heavy atom. The number of hydrogen-bond donors (Lipinski definition) is 1. The minimum absolute atomic E-state index is 0.00726. The third kappa shape index (κ3) is 5.25. The molecule has 28 heavy (non-hydrogen) atoms. The van der Waals surface area contributed by atoms with Crippen LogP contribution < -0.4 is 5.32 Å². The Balaban J connectivity index is 1.90. The first-order chi connectivity index (χ1) is 13.6. The van der Waals surface area contributed by atoms with Gasteiger partial charge in [0.15, 0.2) is 0 Å². The molecule has 2 saturated carbocycles. The van der Waals surface area contributed by atoms with Gasteiger partial charge in [0.05, 0.1) is 0 Å². The number of benzene rings is 1. The summed E-state index contributed by atoms with van der Waals surface area (Å²) in [4.78, 5) is 27.9. The molecule has 1 atom stereocenters. The molecule has 0 bridgehead atoms. The number of amides is 2. The molecule has 3 rings (SSSR count). The van der Waals surface area contributed by atoms with Crippen molar-refractivity contribution in [2.45, 2.75) is 82.3 Å². The lowest BCUT2D eigenvalue weighted by Crippen LogP contribution is -2.51. The van der Waals surface area contributed by atoms with E-state index in [0.717, 1.165) is 57.8 Å². The van der Waals surface area contributed by atoms with Gasteiger partial charge in [-0.05, 0) is 43.4 Å². The Labute approximate surface area is 171 Å². The fraction of sp³-hybridized carbons (Fsp3) is 0.636. The molecule has 0 aromatic heterocycles. The van der Waals surface area contributed by atoms with Crippen LogP contribution in [-0.2, 0) is 9.59 Å². The topological polar surface area (TPSA) is 49.4 Å². The summed E-state index contributed by atoms with van der Waals surface area (Å²) >= 11 is 5.94. The lowest BCUT2D eigenvalue weighted by Gasteiger charge is -2.40. The summed E-state index contributed by atoms with van der Waals surface area (Å²) in [5.41, 5.74) is 0.638. The van der Waals surface area contributed by atoms with E-state index in [9.17, 15) is 14.0 Å². The minimum atomic E-state index is -0.767. The molecule has 4 nitrogen and oxygen atoms in total. The number of nitrogens with zero attached hydrogens (tertiary/aromatic N) is 1. The van der Waals surface area contributed by atoms with Gasteiger partial charge in [0.1, 0.15) is 17.7 Å². The van der Waals surface area contributed by atoms with E-state index in [0.29, 0.717) is 5.56 Å². The van der Waals surface area contributed by atoms with Crippen LogP contribution in [0, 0.1) is 5.82 Å². The van der Waals surface area contributed by atoms with Gasteiger partial charge in [0.2, 0.25) is 11.8 Å². The lowest BCUT2D eigenvalue weighted by atomic mass is 9.91. The quantitative estimate of drug-likeness (QED) is 0.692. The van der Waals surface area contributed by atoms with Crippen molar-refractivity contribution in [2.24, 2.45) is 0 Å². The maximum Gasteiger partial charge on any atom is 0.247 e. The Morgan fingerprint density at radius 2 is 1.57 bits per heavy atom. The maximum atomic E-state index is 13.5. The van der Waals surface area contributed by atoms with Crippen molar-refractivity contribution in [1.82, 2.24) is 10.2 Å². The highest BCUT2D eigenvalue weighted by Gasteiger charge is 2.37. The van der Waals surface area contributed by atoms with Crippen LogP contribution in [0.4, 0.5) is 4.39 Å². The molecular formula is C22H30ClFN2O2. The molecule has 1 aromatic carbocycles. The summed E-state index contributed by atoms with van der Waals surface area (Å²) in [5.74, 6) is -0.933. The molecule has 2 aliphatic carbocycles. The molecule has 6 heteroatoms. The van der Waals surface area contributed by atoms with Crippen molar-refractivity contribution in [2.75, 3.05) is 5.88 Å². The van der Waals surface area contributed by atoms with Crippen molar-refractivity contribution in [3.8, 4) is 0 Å². The summed E-state index contributed by atoms with van der Waals surface area (Å²) in [5, 5.41) is 3.16. The summed E-state index contributed by atoms with van der Waals surface area (Å²) < 4.78 is 13.5. The summed E-state index contributed by atoms with van der Waals surface area (Å²) in [6.45, 7) is 0. The average molecular weight is 409 g/mol. The fourth-order valence-electron chi connectivity index (χ4n) is 4.60. The first-order valence-electron chi connectivity index (χ1n) is 10.5. The Kier molecular flexibility index (Phi) is 7.72.